The molecule has 1 aliphatic heterocycles. The minimum Gasteiger partial charge on any atom is -0.756 e. The summed E-state index contributed by atoms with van der Waals surface area (Å²) >= 11 is 0. The van der Waals surface area contributed by atoms with E-state index in [1.807, 2.05) is 0 Å². The van der Waals surface area contributed by atoms with Crippen molar-refractivity contribution in [2.24, 2.45) is 0 Å². The van der Waals surface area contributed by atoms with Crippen LogP contribution in [0.4, 0.5) is 0 Å². The molecule has 1 aliphatic rings. The average Bonchev–Trinajstić information content (AvgIpc) is 2.87. The molecule has 140 valence electrons. The SMILES string of the molecule is CCCOP(=O)([O-])OC[C@H]1O[C@@H]([n+]2cccc(C(C)=O)c2)[C@H](O)[C@@H]1O. The lowest BCUT2D eigenvalue weighted by Gasteiger charge is -2.24. The van der Waals surface area contributed by atoms with Crippen LogP contribution in [0.25, 0.3) is 0 Å². The van der Waals surface area contributed by atoms with Crippen molar-refractivity contribution in [3.8, 4) is 0 Å². The van der Waals surface area contributed by atoms with Crippen LogP contribution in [0.3, 0.4) is 0 Å². The van der Waals surface area contributed by atoms with Crippen LogP contribution in [-0.4, -0.2) is 47.5 Å². The maximum Gasteiger partial charge on any atom is 0.292 e. The number of phosphoric ester groups is 1. The Balaban J connectivity index is 2.04. The van der Waals surface area contributed by atoms with Gasteiger partial charge in [-0.3, -0.25) is 9.36 Å². The normalized spacial score (nSPS) is 28.7. The largest absolute Gasteiger partial charge is 0.756 e. The summed E-state index contributed by atoms with van der Waals surface area (Å²) in [7, 11) is -4.49. The number of pyridine rings is 1. The van der Waals surface area contributed by atoms with Crippen molar-refractivity contribution in [3.05, 3.63) is 30.1 Å². The molecule has 0 saturated carbocycles. The monoisotopic (exact) mass is 375 g/mol. The van der Waals surface area contributed by atoms with E-state index in [-0.39, 0.29) is 12.4 Å². The Bertz CT molecular complexity index is 654. The summed E-state index contributed by atoms with van der Waals surface area (Å²) in [4.78, 5) is 23.0. The van der Waals surface area contributed by atoms with Gasteiger partial charge in [-0.1, -0.05) is 6.92 Å². The molecule has 1 unspecified atom stereocenters. The molecular weight excluding hydrogens is 353 g/mol. The summed E-state index contributed by atoms with van der Waals surface area (Å²) in [6.45, 7) is 2.65. The number of nitrogens with zero attached hydrogens (tertiary/aromatic N) is 1. The van der Waals surface area contributed by atoms with E-state index in [0.29, 0.717) is 12.0 Å². The van der Waals surface area contributed by atoms with Gasteiger partial charge in [-0.15, -0.1) is 0 Å². The predicted molar refractivity (Wildman–Crippen MR) is 82.4 cm³/mol. The molecule has 1 fully saturated rings. The first-order valence-corrected chi connectivity index (χ1v) is 9.34. The van der Waals surface area contributed by atoms with Gasteiger partial charge in [0.15, 0.2) is 24.3 Å². The van der Waals surface area contributed by atoms with Crippen molar-refractivity contribution in [2.75, 3.05) is 13.2 Å². The van der Waals surface area contributed by atoms with Gasteiger partial charge < -0.3 is 28.9 Å². The van der Waals surface area contributed by atoms with Gasteiger partial charge >= 0.3 is 0 Å². The molecule has 9 nitrogen and oxygen atoms in total. The molecule has 1 aromatic heterocycles. The van der Waals surface area contributed by atoms with Crippen molar-refractivity contribution >= 4 is 13.6 Å². The van der Waals surface area contributed by atoms with Crippen molar-refractivity contribution in [1.82, 2.24) is 0 Å². The topological polar surface area (TPSA) is 129 Å². The third-order valence-corrected chi connectivity index (χ3v) is 4.67. The zero-order chi connectivity index (χ0) is 18.6. The Morgan fingerprint density at radius 2 is 2.12 bits per heavy atom. The second-order valence-corrected chi connectivity index (χ2v) is 7.13. The summed E-state index contributed by atoms with van der Waals surface area (Å²) in [5.74, 6) is -0.164. The maximum atomic E-state index is 11.5. The smallest absolute Gasteiger partial charge is 0.292 e. The second-order valence-electron chi connectivity index (χ2n) is 5.72. The van der Waals surface area contributed by atoms with Crippen molar-refractivity contribution in [3.63, 3.8) is 0 Å². The van der Waals surface area contributed by atoms with Gasteiger partial charge in [0.05, 0.1) is 18.8 Å². The number of hydrogen-bond acceptors (Lipinski definition) is 8. The maximum absolute atomic E-state index is 11.5. The Labute approximate surface area is 145 Å². The van der Waals surface area contributed by atoms with Gasteiger partial charge in [0.2, 0.25) is 0 Å². The van der Waals surface area contributed by atoms with Crippen LogP contribution in [0, 0.1) is 0 Å². The molecule has 10 heteroatoms. The number of aliphatic hydroxyl groups excluding tert-OH is 2. The molecule has 2 N–H and O–H groups in total. The lowest BCUT2D eigenvalue weighted by molar-refractivity contribution is -0.765. The fourth-order valence-electron chi connectivity index (χ4n) is 2.38. The molecule has 5 atom stereocenters. The lowest BCUT2D eigenvalue weighted by atomic mass is 10.1. The van der Waals surface area contributed by atoms with Gasteiger partial charge in [0.25, 0.3) is 14.1 Å². The number of ketones is 1. The number of aliphatic hydroxyl groups is 2. The Morgan fingerprint density at radius 1 is 1.40 bits per heavy atom. The van der Waals surface area contributed by atoms with Gasteiger partial charge in [-0.25, -0.2) is 0 Å². The van der Waals surface area contributed by atoms with Gasteiger partial charge in [0, 0.05) is 6.07 Å². The Morgan fingerprint density at radius 3 is 2.76 bits per heavy atom. The molecular formula is C15H22NO8P. The van der Waals surface area contributed by atoms with E-state index in [1.165, 1.54) is 17.7 Å². The first-order chi connectivity index (χ1) is 11.7. The van der Waals surface area contributed by atoms with Crippen molar-refractivity contribution < 1.29 is 42.8 Å². The van der Waals surface area contributed by atoms with Gasteiger partial charge in [-0.2, -0.15) is 4.57 Å². The highest BCUT2D eigenvalue weighted by molar-refractivity contribution is 7.45. The number of Topliss-reactive ketones (excluding diaryl/α,β-unsaturated/α-hetero) is 1. The number of rotatable bonds is 8. The third kappa shape index (κ3) is 5.15. The number of carbonyl (C=O) groups is 1. The minimum atomic E-state index is -4.49. The molecule has 0 bridgehead atoms. The predicted octanol–water partition coefficient (Wildman–Crippen LogP) is -0.293. The number of carbonyl (C=O) groups excluding carboxylic acids is 1. The lowest BCUT2D eigenvalue weighted by Crippen LogP contribution is -2.46. The Hall–Kier alpha value is -1.19. The number of hydrogen-bond donors (Lipinski definition) is 2. The van der Waals surface area contributed by atoms with Gasteiger partial charge in [-0.05, 0) is 19.4 Å². The second kappa shape index (κ2) is 8.46. The van der Waals surface area contributed by atoms with Crippen LogP contribution in [0.1, 0.15) is 36.9 Å². The highest BCUT2D eigenvalue weighted by Gasteiger charge is 2.48. The van der Waals surface area contributed by atoms with E-state index in [9.17, 15) is 24.5 Å². The number of ether oxygens (including phenoxy) is 1. The first-order valence-electron chi connectivity index (χ1n) is 7.88. The summed E-state index contributed by atoms with van der Waals surface area (Å²) in [6.07, 6.45) is -1.17. The Kier molecular flexibility index (Phi) is 6.81. The quantitative estimate of drug-likeness (QED) is 0.360. The molecule has 0 aromatic carbocycles. The van der Waals surface area contributed by atoms with E-state index < -0.39 is 39.0 Å². The summed E-state index contributed by atoms with van der Waals surface area (Å²) in [6, 6.07) is 3.21. The first kappa shape index (κ1) is 20.1. The van der Waals surface area contributed by atoms with E-state index in [4.69, 9.17) is 9.26 Å². The zero-order valence-electron chi connectivity index (χ0n) is 14.0. The summed E-state index contributed by atoms with van der Waals surface area (Å²) < 4.78 is 27.8. The van der Waals surface area contributed by atoms with E-state index in [2.05, 4.69) is 4.52 Å². The van der Waals surface area contributed by atoms with Crippen LogP contribution < -0.4 is 9.46 Å². The van der Waals surface area contributed by atoms with Crippen LogP contribution in [0.15, 0.2) is 24.5 Å². The molecule has 2 heterocycles. The zero-order valence-corrected chi connectivity index (χ0v) is 14.9. The number of aromatic nitrogens is 1. The van der Waals surface area contributed by atoms with Crippen molar-refractivity contribution in [1.29, 1.82) is 0 Å². The molecule has 0 aliphatic carbocycles. The molecule has 1 saturated heterocycles. The van der Waals surface area contributed by atoms with Crippen LogP contribution in [-0.2, 0) is 18.3 Å². The molecule has 2 rings (SSSR count). The van der Waals surface area contributed by atoms with E-state index in [1.54, 1.807) is 25.3 Å². The molecule has 0 amide bonds. The molecule has 0 radical (unpaired) electrons. The van der Waals surface area contributed by atoms with Gasteiger partial charge in [0.1, 0.15) is 12.2 Å². The summed E-state index contributed by atoms with van der Waals surface area (Å²) in [5, 5.41) is 20.2. The fraction of sp³-hybridized carbons (Fsp3) is 0.600. The van der Waals surface area contributed by atoms with Crippen molar-refractivity contribution in [2.45, 2.75) is 44.8 Å². The van der Waals surface area contributed by atoms with E-state index >= 15 is 0 Å². The molecule has 1 aromatic rings. The summed E-state index contributed by atoms with van der Waals surface area (Å²) in [5.41, 5.74) is 0.407. The number of phosphoric acid groups is 1. The highest BCUT2D eigenvalue weighted by Crippen LogP contribution is 2.39. The van der Waals surface area contributed by atoms with Crippen LogP contribution >= 0.6 is 7.82 Å². The average molecular weight is 375 g/mol. The van der Waals surface area contributed by atoms with Crippen LogP contribution in [0.5, 0.6) is 0 Å². The standard InChI is InChI=1S/C15H22NO8P/c1-3-7-22-25(20,21)23-9-12-13(18)14(19)15(24-12)16-6-4-5-11(8-16)10(2)17/h4-6,8,12-15,18-19H,3,7,9H2,1-2H3/t12-,13-,14-,15-/m1/s1. The minimum absolute atomic E-state index is 0.00616. The highest BCUT2D eigenvalue weighted by atomic mass is 31.2. The molecule has 25 heavy (non-hydrogen) atoms. The van der Waals surface area contributed by atoms with Crippen LogP contribution in [0.2, 0.25) is 0 Å². The fourth-order valence-corrected chi connectivity index (χ4v) is 3.19. The van der Waals surface area contributed by atoms with E-state index in [0.717, 1.165) is 0 Å². The third-order valence-electron chi connectivity index (χ3n) is 3.71. The molecule has 0 spiro atoms.